The van der Waals surface area contributed by atoms with E-state index in [9.17, 15) is 9.59 Å². The van der Waals surface area contributed by atoms with Gasteiger partial charge in [-0.25, -0.2) is 0 Å². The van der Waals surface area contributed by atoms with Gasteiger partial charge in [0.1, 0.15) is 0 Å². The topological polar surface area (TPSA) is 67.9 Å². The molecule has 7 nitrogen and oxygen atoms in total. The summed E-state index contributed by atoms with van der Waals surface area (Å²) in [5, 5.41) is 0. The second-order valence-corrected chi connectivity index (χ2v) is 9.14. The fourth-order valence-corrected chi connectivity index (χ4v) is 5.19. The molecule has 3 fully saturated rings. The summed E-state index contributed by atoms with van der Waals surface area (Å²) in [5.41, 5.74) is 8.42. The molecule has 1 aromatic rings. The van der Waals surface area contributed by atoms with Crippen LogP contribution in [0.5, 0.6) is 0 Å². The van der Waals surface area contributed by atoms with Crippen LogP contribution in [0.3, 0.4) is 0 Å². The number of rotatable bonds is 4. The van der Waals surface area contributed by atoms with Crippen molar-refractivity contribution in [3.63, 3.8) is 0 Å². The van der Waals surface area contributed by atoms with Gasteiger partial charge in [-0.05, 0) is 56.2 Å². The zero-order chi connectivity index (χ0) is 21.1. The molecular weight excluding hydrogens is 378 g/mol. The predicted octanol–water partition coefficient (Wildman–Crippen LogP) is 1.71. The molecule has 3 heterocycles. The lowest BCUT2D eigenvalue weighted by molar-refractivity contribution is -0.133. The first-order valence-electron chi connectivity index (χ1n) is 11.4. The predicted molar refractivity (Wildman–Crippen MR) is 118 cm³/mol. The summed E-state index contributed by atoms with van der Waals surface area (Å²) in [4.78, 5) is 31.9. The molecule has 30 heavy (non-hydrogen) atoms. The van der Waals surface area contributed by atoms with Crippen LogP contribution in [0.1, 0.15) is 42.5 Å². The first-order chi connectivity index (χ1) is 14.5. The van der Waals surface area contributed by atoms with Crippen molar-refractivity contribution < 1.29 is 9.59 Å². The van der Waals surface area contributed by atoms with Crippen molar-refractivity contribution in [1.29, 1.82) is 0 Å². The molecule has 7 heteroatoms. The maximum Gasteiger partial charge on any atom is 0.253 e. The Morgan fingerprint density at radius 2 is 1.87 bits per heavy atom. The van der Waals surface area contributed by atoms with E-state index < -0.39 is 0 Å². The standard InChI is InChI=1S/C23H35N5O2/c1-26(2)23(30)20-15-24-25-21(20)18-9-7-13-28(16-18)22(29)17-8-6-10-19(14-17)27-11-4-3-5-12-27/h6,8,10,14,18,20-21,24-25H,3-5,7,9,11-13,15-16H2,1-2H3. The number of benzene rings is 1. The number of piperidine rings is 2. The van der Waals surface area contributed by atoms with Gasteiger partial charge in [0.15, 0.2) is 0 Å². The molecule has 0 radical (unpaired) electrons. The molecule has 3 saturated heterocycles. The fraction of sp³-hybridized carbons (Fsp3) is 0.652. The van der Waals surface area contributed by atoms with Gasteiger partial charge in [-0.3, -0.25) is 20.4 Å². The molecular formula is C23H35N5O2. The van der Waals surface area contributed by atoms with E-state index in [1.54, 1.807) is 4.90 Å². The van der Waals surface area contributed by atoms with Crippen LogP contribution >= 0.6 is 0 Å². The highest BCUT2D eigenvalue weighted by molar-refractivity contribution is 5.95. The number of hydrogen-bond acceptors (Lipinski definition) is 5. The number of likely N-dealkylation sites (tertiary alicyclic amines) is 1. The molecule has 0 bridgehead atoms. The van der Waals surface area contributed by atoms with E-state index >= 15 is 0 Å². The lowest BCUT2D eigenvalue weighted by Crippen LogP contribution is -2.50. The average Bonchev–Trinajstić information content (AvgIpc) is 3.28. The van der Waals surface area contributed by atoms with Crippen LogP contribution in [0.15, 0.2) is 24.3 Å². The highest BCUT2D eigenvalue weighted by atomic mass is 16.2. The first-order valence-corrected chi connectivity index (χ1v) is 11.4. The maximum atomic E-state index is 13.3. The zero-order valence-electron chi connectivity index (χ0n) is 18.3. The smallest absolute Gasteiger partial charge is 0.253 e. The Balaban J connectivity index is 1.44. The van der Waals surface area contributed by atoms with E-state index in [1.165, 1.54) is 19.3 Å². The van der Waals surface area contributed by atoms with Crippen molar-refractivity contribution in [2.24, 2.45) is 11.8 Å². The molecule has 0 saturated carbocycles. The van der Waals surface area contributed by atoms with Crippen molar-refractivity contribution in [1.82, 2.24) is 20.7 Å². The third kappa shape index (κ3) is 4.47. The van der Waals surface area contributed by atoms with Crippen LogP contribution in [-0.4, -0.2) is 74.5 Å². The Labute approximate surface area is 179 Å². The third-order valence-electron chi connectivity index (χ3n) is 6.85. The van der Waals surface area contributed by atoms with Crippen LogP contribution in [0.4, 0.5) is 5.69 Å². The number of hydrazine groups is 1. The third-order valence-corrected chi connectivity index (χ3v) is 6.85. The molecule has 2 amide bonds. The molecule has 3 aliphatic heterocycles. The number of anilines is 1. The number of hydrogen-bond donors (Lipinski definition) is 2. The summed E-state index contributed by atoms with van der Waals surface area (Å²) in [6.45, 7) is 4.28. The van der Waals surface area contributed by atoms with E-state index in [1.807, 2.05) is 31.1 Å². The van der Waals surface area contributed by atoms with Gasteiger partial charge in [0, 0.05) is 64.1 Å². The largest absolute Gasteiger partial charge is 0.372 e. The Morgan fingerprint density at radius 1 is 1.07 bits per heavy atom. The summed E-state index contributed by atoms with van der Waals surface area (Å²) in [6.07, 6.45) is 5.76. The van der Waals surface area contributed by atoms with Gasteiger partial charge < -0.3 is 14.7 Å². The second kappa shape index (κ2) is 9.35. The lowest BCUT2D eigenvalue weighted by atomic mass is 9.83. The summed E-state index contributed by atoms with van der Waals surface area (Å²) in [6, 6.07) is 8.19. The van der Waals surface area contributed by atoms with Gasteiger partial charge >= 0.3 is 0 Å². The molecule has 3 atom stereocenters. The van der Waals surface area contributed by atoms with Gasteiger partial charge in [-0.15, -0.1) is 0 Å². The number of nitrogens with zero attached hydrogens (tertiary/aromatic N) is 3. The minimum atomic E-state index is -0.0810. The summed E-state index contributed by atoms with van der Waals surface area (Å²) < 4.78 is 0. The number of carbonyl (C=O) groups excluding carboxylic acids is 2. The molecule has 0 spiro atoms. The molecule has 0 aromatic heterocycles. The number of amides is 2. The zero-order valence-corrected chi connectivity index (χ0v) is 18.3. The van der Waals surface area contributed by atoms with Gasteiger partial charge in [0.05, 0.1) is 5.92 Å². The van der Waals surface area contributed by atoms with Crippen molar-refractivity contribution in [2.75, 3.05) is 51.7 Å². The minimum absolute atomic E-state index is 0.0650. The molecule has 4 rings (SSSR count). The van der Waals surface area contributed by atoms with Gasteiger partial charge in [-0.2, -0.15) is 0 Å². The normalized spacial score (nSPS) is 27.2. The Hall–Kier alpha value is -2.12. The molecule has 0 aliphatic carbocycles. The number of nitrogens with one attached hydrogen (secondary N) is 2. The molecule has 3 unspecified atom stereocenters. The van der Waals surface area contributed by atoms with Gasteiger partial charge in [-0.1, -0.05) is 6.07 Å². The van der Waals surface area contributed by atoms with E-state index in [4.69, 9.17) is 0 Å². The van der Waals surface area contributed by atoms with Crippen LogP contribution in [-0.2, 0) is 4.79 Å². The van der Waals surface area contributed by atoms with Crippen LogP contribution in [0.2, 0.25) is 0 Å². The van der Waals surface area contributed by atoms with Crippen LogP contribution < -0.4 is 15.8 Å². The Morgan fingerprint density at radius 3 is 2.63 bits per heavy atom. The second-order valence-electron chi connectivity index (χ2n) is 9.14. The van der Waals surface area contributed by atoms with E-state index in [-0.39, 0.29) is 29.7 Å². The van der Waals surface area contributed by atoms with Crippen LogP contribution in [0.25, 0.3) is 0 Å². The van der Waals surface area contributed by atoms with E-state index in [0.29, 0.717) is 13.1 Å². The first kappa shape index (κ1) is 21.1. The summed E-state index contributed by atoms with van der Waals surface area (Å²) in [5.74, 6) is 0.453. The lowest BCUT2D eigenvalue weighted by Gasteiger charge is -2.37. The van der Waals surface area contributed by atoms with Crippen molar-refractivity contribution in [3.05, 3.63) is 29.8 Å². The maximum absolute atomic E-state index is 13.3. The van der Waals surface area contributed by atoms with Crippen molar-refractivity contribution in [3.8, 4) is 0 Å². The Bertz CT molecular complexity index is 762. The molecule has 164 valence electrons. The molecule has 3 aliphatic rings. The summed E-state index contributed by atoms with van der Waals surface area (Å²) >= 11 is 0. The van der Waals surface area contributed by atoms with Gasteiger partial charge in [0.2, 0.25) is 5.91 Å². The molecule has 2 N–H and O–H groups in total. The van der Waals surface area contributed by atoms with E-state index in [0.717, 1.165) is 43.7 Å². The average molecular weight is 414 g/mol. The number of carbonyl (C=O) groups is 2. The van der Waals surface area contributed by atoms with Crippen LogP contribution in [0, 0.1) is 11.8 Å². The highest BCUT2D eigenvalue weighted by Gasteiger charge is 2.40. The summed E-state index contributed by atoms with van der Waals surface area (Å²) in [7, 11) is 3.62. The monoisotopic (exact) mass is 413 g/mol. The van der Waals surface area contributed by atoms with Crippen molar-refractivity contribution in [2.45, 2.75) is 38.1 Å². The fourth-order valence-electron chi connectivity index (χ4n) is 5.19. The van der Waals surface area contributed by atoms with Gasteiger partial charge in [0.25, 0.3) is 5.91 Å². The molecule has 1 aromatic carbocycles. The quantitative estimate of drug-likeness (QED) is 0.787. The van der Waals surface area contributed by atoms with Crippen molar-refractivity contribution >= 4 is 17.5 Å². The van der Waals surface area contributed by atoms with E-state index in [2.05, 4.69) is 27.9 Å². The minimum Gasteiger partial charge on any atom is -0.372 e. The Kier molecular flexibility index (Phi) is 6.58. The SMILES string of the molecule is CN(C)C(=O)C1CNNC1C1CCCN(C(=O)c2cccc(N3CCCCC3)c2)C1. The highest BCUT2D eigenvalue weighted by Crippen LogP contribution is 2.28.